The molecule has 0 spiro atoms. The number of rotatable bonds is 5. The van der Waals surface area contributed by atoms with E-state index >= 15 is 0 Å². The molecule has 0 bridgehead atoms. The first kappa shape index (κ1) is 18.5. The molecule has 0 radical (unpaired) electrons. The Balaban J connectivity index is 2.46. The van der Waals surface area contributed by atoms with E-state index in [2.05, 4.69) is 10.9 Å². The molecule has 128 valence electrons. The van der Waals surface area contributed by atoms with Crippen LogP contribution in [0.2, 0.25) is 0 Å². The maximum atomic E-state index is 12.5. The van der Waals surface area contributed by atoms with Crippen LogP contribution in [0.4, 0.5) is 0 Å². The Morgan fingerprint density at radius 2 is 1.52 bits per heavy atom. The van der Waals surface area contributed by atoms with E-state index in [1.165, 1.54) is 0 Å². The molecule has 3 heteroatoms. The van der Waals surface area contributed by atoms with Gasteiger partial charge in [-0.25, -0.2) is 4.79 Å². The maximum Gasteiger partial charge on any atom is 0.332 e. The van der Waals surface area contributed by atoms with Crippen molar-refractivity contribution in [3.8, 4) is 12.3 Å². The maximum absolute atomic E-state index is 12.5. The summed E-state index contributed by atoms with van der Waals surface area (Å²) in [7, 11) is 0. The van der Waals surface area contributed by atoms with Gasteiger partial charge in [0.15, 0.2) is 6.04 Å². The largest absolute Gasteiger partial charge is 0.458 e. The predicted octanol–water partition coefficient (Wildman–Crippen LogP) is 4.26. The van der Waals surface area contributed by atoms with Crippen molar-refractivity contribution >= 4 is 11.7 Å². The number of ether oxygens (including phenoxy) is 1. The molecule has 2 aromatic rings. The standard InChI is InChI=1S/C22H23NO2/c1-5-12-19(21(24)25-22(2,3)4)23-20(17-13-8-6-9-14-17)18-15-10-7-11-16-18/h1,6-11,13-16,19H,12H2,2-4H3/t19-/m1/s1. The number of nitrogens with zero attached hydrogens (tertiary/aromatic N) is 1. The lowest BCUT2D eigenvalue weighted by Gasteiger charge is -2.22. The number of carbonyl (C=O) groups excluding carboxylic acids is 1. The highest BCUT2D eigenvalue weighted by Crippen LogP contribution is 2.16. The van der Waals surface area contributed by atoms with E-state index in [9.17, 15) is 4.79 Å². The summed E-state index contributed by atoms with van der Waals surface area (Å²) >= 11 is 0. The first-order chi connectivity index (χ1) is 11.9. The van der Waals surface area contributed by atoms with Gasteiger partial charge in [-0.15, -0.1) is 12.3 Å². The minimum Gasteiger partial charge on any atom is -0.458 e. The quantitative estimate of drug-likeness (QED) is 0.466. The van der Waals surface area contributed by atoms with Crippen LogP contribution in [0, 0.1) is 12.3 Å². The van der Waals surface area contributed by atoms with Crippen LogP contribution in [-0.2, 0) is 9.53 Å². The second kappa shape index (κ2) is 8.30. The van der Waals surface area contributed by atoms with Gasteiger partial charge in [0.1, 0.15) is 5.60 Å². The van der Waals surface area contributed by atoms with Crippen LogP contribution in [0.3, 0.4) is 0 Å². The molecule has 0 aliphatic heterocycles. The molecule has 2 rings (SSSR count). The number of aliphatic imine (C=N–C) groups is 1. The molecule has 0 saturated carbocycles. The van der Waals surface area contributed by atoms with Gasteiger partial charge in [0.25, 0.3) is 0 Å². The fraction of sp³-hybridized carbons (Fsp3) is 0.273. The Morgan fingerprint density at radius 1 is 1.04 bits per heavy atom. The van der Waals surface area contributed by atoms with Gasteiger partial charge in [0.05, 0.1) is 5.71 Å². The summed E-state index contributed by atoms with van der Waals surface area (Å²) in [5, 5.41) is 0. The molecule has 0 fully saturated rings. The molecule has 0 heterocycles. The van der Waals surface area contributed by atoms with Gasteiger partial charge in [-0.3, -0.25) is 4.99 Å². The normalized spacial score (nSPS) is 11.9. The van der Waals surface area contributed by atoms with Crippen molar-refractivity contribution in [1.29, 1.82) is 0 Å². The van der Waals surface area contributed by atoms with Crippen molar-refractivity contribution < 1.29 is 9.53 Å². The van der Waals surface area contributed by atoms with Crippen molar-refractivity contribution in [2.24, 2.45) is 4.99 Å². The number of carbonyl (C=O) groups is 1. The Bertz CT molecular complexity index is 724. The Kier molecular flexibility index (Phi) is 6.14. The summed E-state index contributed by atoms with van der Waals surface area (Å²) in [5.74, 6) is 2.13. The third-order valence-corrected chi connectivity index (χ3v) is 3.37. The average Bonchev–Trinajstić information content (AvgIpc) is 2.58. The smallest absolute Gasteiger partial charge is 0.332 e. The van der Waals surface area contributed by atoms with Gasteiger partial charge >= 0.3 is 5.97 Å². The van der Waals surface area contributed by atoms with Crippen LogP contribution in [-0.4, -0.2) is 23.3 Å². The molecule has 0 aliphatic carbocycles. The summed E-state index contributed by atoms with van der Waals surface area (Å²) < 4.78 is 5.48. The predicted molar refractivity (Wildman–Crippen MR) is 102 cm³/mol. The van der Waals surface area contributed by atoms with Crippen molar-refractivity contribution in [3.05, 3.63) is 71.8 Å². The number of hydrogen-bond donors (Lipinski definition) is 0. The molecule has 0 aliphatic rings. The van der Waals surface area contributed by atoms with E-state index in [-0.39, 0.29) is 6.42 Å². The SMILES string of the molecule is C#CC[C@@H](N=C(c1ccccc1)c1ccccc1)C(=O)OC(C)(C)C. The molecule has 0 unspecified atom stereocenters. The lowest BCUT2D eigenvalue weighted by molar-refractivity contribution is -0.156. The molecule has 0 saturated heterocycles. The van der Waals surface area contributed by atoms with Crippen LogP contribution < -0.4 is 0 Å². The third kappa shape index (κ3) is 5.61. The average molecular weight is 333 g/mol. The van der Waals surface area contributed by atoms with Crippen molar-refractivity contribution in [2.45, 2.75) is 38.8 Å². The number of esters is 1. The molecule has 3 nitrogen and oxygen atoms in total. The second-order valence-corrected chi connectivity index (χ2v) is 6.67. The third-order valence-electron chi connectivity index (χ3n) is 3.37. The van der Waals surface area contributed by atoms with Gasteiger partial charge in [0.2, 0.25) is 0 Å². The fourth-order valence-corrected chi connectivity index (χ4v) is 2.33. The zero-order chi connectivity index (χ0) is 18.3. The highest BCUT2D eigenvalue weighted by Gasteiger charge is 2.25. The molecule has 25 heavy (non-hydrogen) atoms. The van der Waals surface area contributed by atoms with E-state index in [0.717, 1.165) is 16.8 Å². The molecular weight excluding hydrogens is 310 g/mol. The zero-order valence-electron chi connectivity index (χ0n) is 14.9. The van der Waals surface area contributed by atoms with Gasteiger partial charge in [-0.1, -0.05) is 60.7 Å². The van der Waals surface area contributed by atoms with Gasteiger partial charge < -0.3 is 4.74 Å². The molecule has 0 N–H and O–H groups in total. The zero-order valence-corrected chi connectivity index (χ0v) is 14.9. The fourth-order valence-electron chi connectivity index (χ4n) is 2.33. The van der Waals surface area contributed by atoms with E-state index in [1.807, 2.05) is 81.4 Å². The summed E-state index contributed by atoms with van der Waals surface area (Å²) in [4.78, 5) is 17.2. The summed E-state index contributed by atoms with van der Waals surface area (Å²) in [6.07, 6.45) is 5.65. The van der Waals surface area contributed by atoms with Gasteiger partial charge in [-0.2, -0.15) is 0 Å². The molecule has 2 aromatic carbocycles. The van der Waals surface area contributed by atoms with Crippen molar-refractivity contribution in [2.75, 3.05) is 0 Å². The second-order valence-electron chi connectivity index (χ2n) is 6.67. The monoisotopic (exact) mass is 333 g/mol. The van der Waals surface area contributed by atoms with Crippen LogP contribution in [0.25, 0.3) is 0 Å². The van der Waals surface area contributed by atoms with E-state index in [4.69, 9.17) is 11.2 Å². The molecule has 1 atom stereocenters. The van der Waals surface area contributed by atoms with Crippen molar-refractivity contribution in [1.82, 2.24) is 0 Å². The van der Waals surface area contributed by atoms with Crippen LogP contribution in [0.1, 0.15) is 38.3 Å². The van der Waals surface area contributed by atoms with E-state index in [0.29, 0.717) is 0 Å². The summed E-state index contributed by atoms with van der Waals surface area (Å²) in [6, 6.07) is 18.8. The minimum atomic E-state index is -0.736. The van der Waals surface area contributed by atoms with Crippen LogP contribution in [0.5, 0.6) is 0 Å². The highest BCUT2D eigenvalue weighted by atomic mass is 16.6. The van der Waals surface area contributed by atoms with E-state index < -0.39 is 17.6 Å². The topological polar surface area (TPSA) is 38.7 Å². The lowest BCUT2D eigenvalue weighted by atomic mass is 10.0. The highest BCUT2D eigenvalue weighted by molar-refractivity contribution is 6.13. The summed E-state index contributed by atoms with van der Waals surface area (Å²) in [6.45, 7) is 5.49. The van der Waals surface area contributed by atoms with Gasteiger partial charge in [-0.05, 0) is 20.8 Å². The Labute approximate surface area is 149 Å². The first-order valence-electron chi connectivity index (χ1n) is 8.25. The lowest BCUT2D eigenvalue weighted by Crippen LogP contribution is -2.31. The molecule has 0 amide bonds. The number of benzene rings is 2. The number of hydrogen-bond acceptors (Lipinski definition) is 3. The van der Waals surface area contributed by atoms with E-state index in [1.54, 1.807) is 0 Å². The summed E-state index contributed by atoms with van der Waals surface area (Å²) in [5.41, 5.74) is 2.00. The van der Waals surface area contributed by atoms with Crippen LogP contribution >= 0.6 is 0 Å². The van der Waals surface area contributed by atoms with Gasteiger partial charge in [0, 0.05) is 17.5 Å². The Morgan fingerprint density at radius 3 is 1.92 bits per heavy atom. The Hall–Kier alpha value is -2.86. The minimum absolute atomic E-state index is 0.193. The molecule has 0 aromatic heterocycles. The number of terminal acetylenes is 1. The van der Waals surface area contributed by atoms with Crippen LogP contribution in [0.15, 0.2) is 65.7 Å². The van der Waals surface area contributed by atoms with Crippen molar-refractivity contribution in [3.63, 3.8) is 0 Å². The first-order valence-corrected chi connectivity index (χ1v) is 8.25. The molecular formula is C22H23NO2.